The number of amides is 1. The lowest BCUT2D eigenvalue weighted by Crippen LogP contribution is -2.55. The van der Waals surface area contributed by atoms with Gasteiger partial charge in [-0.1, -0.05) is 31.4 Å². The van der Waals surface area contributed by atoms with E-state index in [2.05, 4.69) is 15.2 Å². The van der Waals surface area contributed by atoms with Gasteiger partial charge in [0.15, 0.2) is 0 Å². The van der Waals surface area contributed by atoms with Crippen molar-refractivity contribution in [2.45, 2.75) is 50.5 Å². The fourth-order valence-electron chi connectivity index (χ4n) is 4.81. The first-order valence-corrected chi connectivity index (χ1v) is 10.5. The molecule has 2 fully saturated rings. The highest BCUT2D eigenvalue weighted by Gasteiger charge is 2.39. The van der Waals surface area contributed by atoms with E-state index in [1.54, 1.807) is 12.4 Å². The van der Waals surface area contributed by atoms with E-state index in [0.717, 1.165) is 17.7 Å². The lowest BCUT2D eigenvalue weighted by molar-refractivity contribution is 0.0652. The molecule has 1 aliphatic heterocycles. The number of pyridine rings is 1. The van der Waals surface area contributed by atoms with E-state index in [0.29, 0.717) is 11.3 Å². The Kier molecular flexibility index (Phi) is 5.62. The topological polar surface area (TPSA) is 71.2 Å². The Morgan fingerprint density at radius 1 is 1.04 bits per heavy atom. The number of rotatable bonds is 5. The van der Waals surface area contributed by atoms with Crippen LogP contribution in [0.3, 0.4) is 0 Å². The van der Waals surface area contributed by atoms with Crippen LogP contribution in [0.4, 0.5) is 5.69 Å². The van der Waals surface area contributed by atoms with E-state index in [1.807, 2.05) is 30.3 Å². The zero-order valence-electron chi connectivity index (χ0n) is 16.5. The predicted molar refractivity (Wildman–Crippen MR) is 113 cm³/mol. The molecule has 1 aromatic heterocycles. The van der Waals surface area contributed by atoms with Gasteiger partial charge in [-0.2, -0.15) is 0 Å². The molecule has 1 aromatic carbocycles. The van der Waals surface area contributed by atoms with Crippen molar-refractivity contribution in [3.63, 3.8) is 0 Å². The number of hydrogen-bond acceptors (Lipinski definition) is 4. The number of aromatic nitrogens is 1. The number of nitrogens with zero attached hydrogens (tertiary/aromatic N) is 2. The van der Waals surface area contributed by atoms with Gasteiger partial charge in [-0.25, -0.2) is 0 Å². The number of carbonyl (C=O) groups is 1. The summed E-state index contributed by atoms with van der Waals surface area (Å²) in [6.45, 7) is 3.09. The summed E-state index contributed by atoms with van der Waals surface area (Å²) < 4.78 is 0. The molecule has 2 aliphatic rings. The van der Waals surface area contributed by atoms with Gasteiger partial charge >= 0.3 is 0 Å². The molecule has 0 atom stereocenters. The minimum Gasteiger partial charge on any atom is -0.397 e. The fraction of sp³-hybridized carbons (Fsp3) is 0.478. The monoisotopic (exact) mass is 378 g/mol. The SMILES string of the molecule is Nc1cncc(-c2cccc(C(=O)NCC3(N4CCCC4)CCCCC3)c2)c1. The Bertz CT molecular complexity index is 823. The van der Waals surface area contributed by atoms with E-state index < -0.39 is 0 Å². The highest BCUT2D eigenvalue weighted by atomic mass is 16.1. The quantitative estimate of drug-likeness (QED) is 0.829. The van der Waals surface area contributed by atoms with Gasteiger partial charge in [-0.3, -0.25) is 14.7 Å². The summed E-state index contributed by atoms with van der Waals surface area (Å²) in [4.78, 5) is 19.7. The van der Waals surface area contributed by atoms with Gasteiger partial charge in [0, 0.05) is 35.6 Å². The number of anilines is 1. The van der Waals surface area contributed by atoms with Crippen LogP contribution < -0.4 is 11.1 Å². The number of nitrogens with two attached hydrogens (primary N) is 1. The van der Waals surface area contributed by atoms with E-state index >= 15 is 0 Å². The Hall–Kier alpha value is -2.40. The fourth-order valence-corrected chi connectivity index (χ4v) is 4.81. The van der Waals surface area contributed by atoms with Gasteiger partial charge in [0.2, 0.25) is 0 Å². The average molecular weight is 379 g/mol. The molecule has 0 unspecified atom stereocenters. The minimum atomic E-state index is 0.00265. The molecule has 3 N–H and O–H groups in total. The minimum absolute atomic E-state index is 0.00265. The number of hydrogen-bond donors (Lipinski definition) is 2. The molecular weight excluding hydrogens is 348 g/mol. The molecule has 0 spiro atoms. The van der Waals surface area contributed by atoms with E-state index in [4.69, 9.17) is 5.73 Å². The van der Waals surface area contributed by atoms with Crippen molar-refractivity contribution < 1.29 is 4.79 Å². The second-order valence-electron chi connectivity index (χ2n) is 8.25. The Balaban J connectivity index is 1.48. The van der Waals surface area contributed by atoms with E-state index in [-0.39, 0.29) is 11.4 Å². The van der Waals surface area contributed by atoms with E-state index in [9.17, 15) is 4.79 Å². The standard InChI is InChI=1S/C23H30N4O/c24-21-14-20(15-25-16-21)18-7-6-8-19(13-18)22(28)26-17-23(9-2-1-3-10-23)27-11-4-5-12-27/h6-8,13-16H,1-5,9-12,17,24H2,(H,26,28). The van der Waals surface area contributed by atoms with Gasteiger partial charge in [0.25, 0.3) is 5.91 Å². The number of likely N-dealkylation sites (tertiary alicyclic amines) is 1. The van der Waals surface area contributed by atoms with Crippen molar-refractivity contribution in [2.24, 2.45) is 0 Å². The average Bonchev–Trinajstić information content (AvgIpc) is 3.28. The first kappa shape index (κ1) is 18.9. The molecule has 2 aromatic rings. The van der Waals surface area contributed by atoms with Gasteiger partial charge < -0.3 is 11.1 Å². The molecule has 0 bridgehead atoms. The first-order valence-electron chi connectivity index (χ1n) is 10.5. The first-order chi connectivity index (χ1) is 13.7. The number of nitrogen functional groups attached to an aromatic ring is 1. The summed E-state index contributed by atoms with van der Waals surface area (Å²) in [7, 11) is 0. The van der Waals surface area contributed by atoms with Crippen LogP contribution in [0.15, 0.2) is 42.7 Å². The summed E-state index contributed by atoms with van der Waals surface area (Å²) in [5.74, 6) is 0.00265. The lowest BCUT2D eigenvalue weighted by Gasteiger charge is -2.45. The largest absolute Gasteiger partial charge is 0.397 e. The molecule has 28 heavy (non-hydrogen) atoms. The predicted octanol–water partition coefficient (Wildman–Crippen LogP) is 3.86. The molecule has 148 valence electrons. The van der Waals surface area contributed by atoms with Crippen LogP contribution in [0.25, 0.3) is 11.1 Å². The third kappa shape index (κ3) is 4.04. The molecule has 1 saturated carbocycles. The van der Waals surface area contributed by atoms with Gasteiger partial charge in [0.1, 0.15) is 0 Å². The van der Waals surface area contributed by atoms with Crippen LogP contribution in [-0.4, -0.2) is 41.0 Å². The number of benzene rings is 1. The highest BCUT2D eigenvalue weighted by Crippen LogP contribution is 2.35. The van der Waals surface area contributed by atoms with Crippen LogP contribution in [0.5, 0.6) is 0 Å². The summed E-state index contributed by atoms with van der Waals surface area (Å²) in [6.07, 6.45) is 12.2. The van der Waals surface area contributed by atoms with Crippen LogP contribution in [-0.2, 0) is 0 Å². The molecule has 5 nitrogen and oxygen atoms in total. The smallest absolute Gasteiger partial charge is 0.251 e. The Labute approximate surface area is 167 Å². The summed E-state index contributed by atoms with van der Waals surface area (Å²) in [5, 5.41) is 3.26. The molecule has 1 aliphatic carbocycles. The van der Waals surface area contributed by atoms with Crippen molar-refractivity contribution in [2.75, 3.05) is 25.4 Å². The third-order valence-electron chi connectivity index (χ3n) is 6.36. The van der Waals surface area contributed by atoms with Crippen molar-refractivity contribution in [3.05, 3.63) is 48.3 Å². The Morgan fingerprint density at radius 3 is 2.57 bits per heavy atom. The number of carbonyl (C=O) groups excluding carboxylic acids is 1. The number of nitrogens with one attached hydrogen (secondary N) is 1. The molecule has 4 rings (SSSR count). The maximum atomic E-state index is 12.9. The third-order valence-corrected chi connectivity index (χ3v) is 6.36. The van der Waals surface area contributed by atoms with Crippen LogP contribution >= 0.6 is 0 Å². The normalized spacial score (nSPS) is 19.4. The maximum absolute atomic E-state index is 12.9. The van der Waals surface area contributed by atoms with Crippen molar-refractivity contribution in [3.8, 4) is 11.1 Å². The molecular formula is C23H30N4O. The maximum Gasteiger partial charge on any atom is 0.251 e. The Morgan fingerprint density at radius 2 is 1.82 bits per heavy atom. The van der Waals surface area contributed by atoms with Crippen LogP contribution in [0, 0.1) is 0 Å². The van der Waals surface area contributed by atoms with Crippen LogP contribution in [0.2, 0.25) is 0 Å². The molecule has 0 radical (unpaired) electrons. The molecule has 5 heteroatoms. The van der Waals surface area contributed by atoms with Gasteiger partial charge in [0.05, 0.1) is 5.69 Å². The van der Waals surface area contributed by atoms with Gasteiger partial charge in [-0.05, 0) is 62.5 Å². The second kappa shape index (κ2) is 8.31. The van der Waals surface area contributed by atoms with Crippen LogP contribution in [0.1, 0.15) is 55.3 Å². The second-order valence-corrected chi connectivity index (χ2v) is 8.25. The van der Waals surface area contributed by atoms with Gasteiger partial charge in [-0.15, -0.1) is 0 Å². The highest BCUT2D eigenvalue weighted by molar-refractivity contribution is 5.95. The summed E-state index contributed by atoms with van der Waals surface area (Å²) in [6, 6.07) is 9.59. The lowest BCUT2D eigenvalue weighted by atomic mass is 9.80. The summed E-state index contributed by atoms with van der Waals surface area (Å²) >= 11 is 0. The molecule has 1 amide bonds. The van der Waals surface area contributed by atoms with E-state index in [1.165, 1.54) is 58.0 Å². The van der Waals surface area contributed by atoms with Crippen molar-refractivity contribution in [1.29, 1.82) is 0 Å². The molecule has 2 heterocycles. The molecule has 1 saturated heterocycles. The van der Waals surface area contributed by atoms with Crippen molar-refractivity contribution in [1.82, 2.24) is 15.2 Å². The zero-order chi connectivity index (χ0) is 19.4. The summed E-state index contributed by atoms with van der Waals surface area (Å²) in [5.41, 5.74) is 9.20. The van der Waals surface area contributed by atoms with Crippen molar-refractivity contribution >= 4 is 11.6 Å². The zero-order valence-corrected chi connectivity index (χ0v) is 16.5.